The van der Waals surface area contributed by atoms with Crippen molar-refractivity contribution >= 4 is 5.65 Å². The second kappa shape index (κ2) is 5.67. The average molecular weight is 260 g/mol. The molecule has 2 aromatic heterocycles. The molecule has 3 heterocycles. The monoisotopic (exact) mass is 260 g/mol. The summed E-state index contributed by atoms with van der Waals surface area (Å²) >= 11 is 0. The molecule has 0 saturated carbocycles. The fraction of sp³-hybridized carbons (Fsp3) is 0.571. The van der Waals surface area contributed by atoms with Crippen LogP contribution in [0.15, 0.2) is 24.4 Å². The SMILES string of the molecule is CC(NCC1CCOCC1)c1nnc2ccccn12. The van der Waals surface area contributed by atoms with Gasteiger partial charge in [-0.3, -0.25) is 4.40 Å². The van der Waals surface area contributed by atoms with Crippen molar-refractivity contribution in [2.45, 2.75) is 25.8 Å². The molecule has 1 saturated heterocycles. The molecule has 0 aromatic carbocycles. The lowest BCUT2D eigenvalue weighted by Gasteiger charge is -2.23. The Kier molecular flexibility index (Phi) is 3.75. The zero-order valence-electron chi connectivity index (χ0n) is 11.2. The normalized spacial score (nSPS) is 18.8. The Hall–Kier alpha value is -1.46. The highest BCUT2D eigenvalue weighted by Gasteiger charge is 2.17. The van der Waals surface area contributed by atoms with E-state index in [0.717, 1.165) is 50.0 Å². The standard InChI is InChI=1S/C14H20N4O/c1-11(15-10-12-5-8-19-9-6-12)14-17-16-13-4-2-3-7-18(13)14/h2-4,7,11-12,15H,5-6,8-10H2,1H3. The van der Waals surface area contributed by atoms with Crippen molar-refractivity contribution in [3.05, 3.63) is 30.2 Å². The van der Waals surface area contributed by atoms with E-state index in [2.05, 4.69) is 22.4 Å². The van der Waals surface area contributed by atoms with E-state index in [1.807, 2.05) is 28.8 Å². The highest BCUT2D eigenvalue weighted by Crippen LogP contribution is 2.16. The number of nitrogens with zero attached hydrogens (tertiary/aromatic N) is 3. The topological polar surface area (TPSA) is 51.5 Å². The van der Waals surface area contributed by atoms with Crippen molar-refractivity contribution < 1.29 is 4.74 Å². The van der Waals surface area contributed by atoms with E-state index < -0.39 is 0 Å². The summed E-state index contributed by atoms with van der Waals surface area (Å²) in [6.07, 6.45) is 4.32. The fourth-order valence-corrected chi connectivity index (χ4v) is 2.54. The highest BCUT2D eigenvalue weighted by molar-refractivity contribution is 5.37. The number of nitrogens with one attached hydrogen (secondary N) is 1. The Morgan fingerprint density at radius 2 is 2.21 bits per heavy atom. The molecule has 3 rings (SSSR count). The quantitative estimate of drug-likeness (QED) is 0.911. The summed E-state index contributed by atoms with van der Waals surface area (Å²) in [7, 11) is 0. The van der Waals surface area contributed by atoms with Gasteiger partial charge in [-0.05, 0) is 44.4 Å². The molecule has 1 aliphatic rings. The van der Waals surface area contributed by atoms with Gasteiger partial charge >= 0.3 is 0 Å². The molecule has 19 heavy (non-hydrogen) atoms. The van der Waals surface area contributed by atoms with E-state index in [1.54, 1.807) is 0 Å². The van der Waals surface area contributed by atoms with Gasteiger partial charge in [-0.25, -0.2) is 0 Å². The number of ether oxygens (including phenoxy) is 1. The minimum absolute atomic E-state index is 0.209. The molecule has 102 valence electrons. The summed E-state index contributed by atoms with van der Waals surface area (Å²) in [4.78, 5) is 0. The van der Waals surface area contributed by atoms with Gasteiger partial charge in [0.2, 0.25) is 0 Å². The first-order chi connectivity index (χ1) is 9.34. The van der Waals surface area contributed by atoms with E-state index in [0.29, 0.717) is 0 Å². The van der Waals surface area contributed by atoms with Gasteiger partial charge in [-0.1, -0.05) is 6.07 Å². The van der Waals surface area contributed by atoms with Crippen LogP contribution in [0, 0.1) is 5.92 Å². The third kappa shape index (κ3) is 2.77. The molecule has 1 N–H and O–H groups in total. The molecular formula is C14H20N4O. The maximum atomic E-state index is 5.38. The molecular weight excluding hydrogens is 240 g/mol. The van der Waals surface area contributed by atoms with Gasteiger partial charge in [0.05, 0.1) is 6.04 Å². The third-order valence-corrected chi connectivity index (χ3v) is 3.78. The van der Waals surface area contributed by atoms with Crippen molar-refractivity contribution in [1.29, 1.82) is 0 Å². The summed E-state index contributed by atoms with van der Waals surface area (Å²) in [5.41, 5.74) is 0.900. The largest absolute Gasteiger partial charge is 0.381 e. The number of hydrogen-bond acceptors (Lipinski definition) is 4. The van der Waals surface area contributed by atoms with Gasteiger partial charge in [0.1, 0.15) is 0 Å². The fourth-order valence-electron chi connectivity index (χ4n) is 2.54. The number of rotatable bonds is 4. The van der Waals surface area contributed by atoms with Crippen LogP contribution < -0.4 is 5.32 Å². The second-order valence-corrected chi connectivity index (χ2v) is 5.17. The third-order valence-electron chi connectivity index (χ3n) is 3.78. The Bertz CT molecular complexity index is 533. The highest BCUT2D eigenvalue weighted by atomic mass is 16.5. The van der Waals surface area contributed by atoms with Crippen molar-refractivity contribution in [3.8, 4) is 0 Å². The van der Waals surface area contributed by atoms with E-state index in [-0.39, 0.29) is 6.04 Å². The van der Waals surface area contributed by atoms with Crippen molar-refractivity contribution in [1.82, 2.24) is 19.9 Å². The summed E-state index contributed by atoms with van der Waals surface area (Å²) in [6.45, 7) is 4.96. The zero-order chi connectivity index (χ0) is 13.1. The molecule has 2 aromatic rings. The number of aromatic nitrogens is 3. The molecule has 0 radical (unpaired) electrons. The van der Waals surface area contributed by atoms with Gasteiger partial charge < -0.3 is 10.1 Å². The Morgan fingerprint density at radius 1 is 1.37 bits per heavy atom. The van der Waals surface area contributed by atoms with Crippen molar-refractivity contribution in [3.63, 3.8) is 0 Å². The van der Waals surface area contributed by atoms with Crippen LogP contribution in [0.25, 0.3) is 5.65 Å². The van der Waals surface area contributed by atoms with Crippen LogP contribution in [0.4, 0.5) is 0 Å². The molecule has 0 bridgehead atoms. The summed E-state index contributed by atoms with van der Waals surface area (Å²) in [5.74, 6) is 1.69. The first-order valence-corrected chi connectivity index (χ1v) is 6.95. The molecule has 0 spiro atoms. The summed E-state index contributed by atoms with van der Waals surface area (Å²) in [6, 6.07) is 6.17. The van der Waals surface area contributed by atoms with Gasteiger partial charge in [-0.2, -0.15) is 0 Å². The first kappa shape index (κ1) is 12.6. The number of pyridine rings is 1. The Labute approximate surface area is 113 Å². The van der Waals surface area contributed by atoms with Crippen LogP contribution in [0.3, 0.4) is 0 Å². The molecule has 1 unspecified atom stereocenters. The second-order valence-electron chi connectivity index (χ2n) is 5.17. The average Bonchev–Trinajstić information content (AvgIpc) is 2.90. The van der Waals surface area contributed by atoms with Crippen LogP contribution in [0.2, 0.25) is 0 Å². The van der Waals surface area contributed by atoms with Gasteiger partial charge in [0.25, 0.3) is 0 Å². The number of fused-ring (bicyclic) bond motifs is 1. The number of hydrogen-bond donors (Lipinski definition) is 1. The van der Waals surface area contributed by atoms with Crippen molar-refractivity contribution in [2.75, 3.05) is 19.8 Å². The lowest BCUT2D eigenvalue weighted by atomic mass is 10.0. The van der Waals surface area contributed by atoms with E-state index in [4.69, 9.17) is 4.74 Å². The van der Waals surface area contributed by atoms with E-state index in [1.165, 1.54) is 0 Å². The predicted octanol–water partition coefficient (Wildman–Crippen LogP) is 1.81. The minimum Gasteiger partial charge on any atom is -0.381 e. The van der Waals surface area contributed by atoms with Gasteiger partial charge in [0, 0.05) is 19.4 Å². The Morgan fingerprint density at radius 3 is 3.05 bits per heavy atom. The van der Waals surface area contributed by atoms with Crippen molar-refractivity contribution in [2.24, 2.45) is 5.92 Å². The molecule has 5 heteroatoms. The van der Waals surface area contributed by atoms with Gasteiger partial charge in [0.15, 0.2) is 11.5 Å². The Balaban J connectivity index is 1.64. The molecule has 0 amide bonds. The zero-order valence-corrected chi connectivity index (χ0v) is 11.2. The minimum atomic E-state index is 0.209. The lowest BCUT2D eigenvalue weighted by Crippen LogP contribution is -2.30. The van der Waals surface area contributed by atoms with Gasteiger partial charge in [-0.15, -0.1) is 10.2 Å². The molecule has 1 aliphatic heterocycles. The van der Waals surface area contributed by atoms with Crippen LogP contribution in [0.1, 0.15) is 31.6 Å². The van der Waals surface area contributed by atoms with E-state index in [9.17, 15) is 0 Å². The van der Waals surface area contributed by atoms with Crippen LogP contribution in [0.5, 0.6) is 0 Å². The lowest BCUT2D eigenvalue weighted by molar-refractivity contribution is 0.0655. The van der Waals surface area contributed by atoms with Crippen LogP contribution in [-0.4, -0.2) is 34.4 Å². The molecule has 1 fully saturated rings. The van der Waals surface area contributed by atoms with Crippen LogP contribution >= 0.6 is 0 Å². The molecule has 0 aliphatic carbocycles. The van der Waals surface area contributed by atoms with Crippen LogP contribution in [-0.2, 0) is 4.74 Å². The first-order valence-electron chi connectivity index (χ1n) is 6.95. The molecule has 1 atom stereocenters. The maximum Gasteiger partial charge on any atom is 0.160 e. The predicted molar refractivity (Wildman–Crippen MR) is 72.9 cm³/mol. The molecule has 5 nitrogen and oxygen atoms in total. The summed E-state index contributed by atoms with van der Waals surface area (Å²) < 4.78 is 7.43. The summed E-state index contributed by atoms with van der Waals surface area (Å²) in [5, 5.41) is 12.0. The van der Waals surface area contributed by atoms with E-state index >= 15 is 0 Å². The smallest absolute Gasteiger partial charge is 0.160 e. The maximum absolute atomic E-state index is 5.38.